The molecule has 1 aliphatic rings. The van der Waals surface area contributed by atoms with Gasteiger partial charge in [0.2, 0.25) is 19.2 Å². The molecule has 9 N–H and O–H groups in total. The van der Waals surface area contributed by atoms with E-state index in [1.807, 2.05) is 41.3 Å². The lowest BCUT2D eigenvalue weighted by molar-refractivity contribution is -0.117. The van der Waals surface area contributed by atoms with Crippen LogP contribution >= 0.6 is 0 Å². The molecule has 254 valence electrons. The van der Waals surface area contributed by atoms with Crippen molar-refractivity contribution in [3.05, 3.63) is 64.7 Å². The van der Waals surface area contributed by atoms with E-state index in [-0.39, 0.29) is 12.3 Å². The second-order valence-electron chi connectivity index (χ2n) is 10.3. The topological polar surface area (TPSA) is 222 Å². The quantitative estimate of drug-likeness (QED) is 0.0457. The Morgan fingerprint density at radius 2 is 1.67 bits per heavy atom. The Morgan fingerprint density at radius 1 is 1.04 bits per heavy atom. The van der Waals surface area contributed by atoms with Gasteiger partial charge in [-0.3, -0.25) is 24.2 Å². The minimum atomic E-state index is 0.205. The van der Waals surface area contributed by atoms with Crippen molar-refractivity contribution in [2.24, 2.45) is 27.4 Å². The summed E-state index contributed by atoms with van der Waals surface area (Å²) in [5.74, 6) is 5.60. The first kappa shape index (κ1) is 41.4. The molecule has 13 heteroatoms. The number of amides is 4. The molecule has 1 aliphatic heterocycles. The number of carbonyl (C=O) groups is 4. The van der Waals surface area contributed by atoms with Gasteiger partial charge in [0.25, 0.3) is 5.91 Å². The number of hydrogen-bond acceptors (Lipinski definition) is 10. The molecule has 0 aromatic heterocycles. The van der Waals surface area contributed by atoms with Crippen molar-refractivity contribution in [2.45, 2.75) is 71.9 Å². The summed E-state index contributed by atoms with van der Waals surface area (Å²) in [6.07, 6.45) is 8.82. The summed E-state index contributed by atoms with van der Waals surface area (Å²) in [6, 6.07) is 13.9. The predicted octanol–water partition coefficient (Wildman–Crippen LogP) is 2.67. The first-order valence-corrected chi connectivity index (χ1v) is 15.3. The molecule has 0 bridgehead atoms. The molecule has 2 aromatic rings. The molecule has 0 radical (unpaired) electrons. The minimum Gasteiger partial charge on any atom is -0.399 e. The third-order valence-electron chi connectivity index (χ3n) is 6.60. The van der Waals surface area contributed by atoms with Crippen LogP contribution in [0.3, 0.4) is 0 Å². The number of aryl methyl sites for hydroxylation is 1. The Morgan fingerprint density at radius 3 is 2.22 bits per heavy atom. The standard InChI is InChI=1S/C16H27N5O.C14H19NO.C2H3NO2.CH3NO/c17-9-1-3-11-22-12-4-2-10-20-13-16(21-19)14-5-7-15(18)8-6-14;1-4-5-11(3)15-9-12-8-10(2)6-7-13(12)14(15)16;4-1-3-2-5;2-1-3/h5-8,13H,1-4,9-12,17-19H2;6-8,11H,4-5,9H2,1-3H3;1-2H,(H,3,4,5);1H,(H2,2,3)/b20-13?,21-16+;;;. The molecular formula is C33H52N8O5. The lowest BCUT2D eigenvalue weighted by Gasteiger charge is -2.23. The smallest absolute Gasteiger partial charge is 0.254 e. The van der Waals surface area contributed by atoms with Crippen LogP contribution in [0.2, 0.25) is 0 Å². The van der Waals surface area contributed by atoms with Gasteiger partial charge < -0.3 is 38.0 Å². The van der Waals surface area contributed by atoms with Crippen LogP contribution in [-0.2, 0) is 25.7 Å². The highest BCUT2D eigenvalue weighted by molar-refractivity contribution is 6.38. The van der Waals surface area contributed by atoms with E-state index in [4.69, 9.17) is 36.4 Å². The molecule has 0 saturated carbocycles. The van der Waals surface area contributed by atoms with Gasteiger partial charge in [-0.2, -0.15) is 5.10 Å². The molecule has 46 heavy (non-hydrogen) atoms. The number of primary amides is 1. The van der Waals surface area contributed by atoms with Crippen LogP contribution < -0.4 is 28.4 Å². The maximum Gasteiger partial charge on any atom is 0.254 e. The first-order valence-electron chi connectivity index (χ1n) is 15.3. The van der Waals surface area contributed by atoms with Crippen LogP contribution in [0.5, 0.6) is 0 Å². The molecule has 0 spiro atoms. The summed E-state index contributed by atoms with van der Waals surface area (Å²) >= 11 is 0. The predicted molar refractivity (Wildman–Crippen MR) is 184 cm³/mol. The van der Waals surface area contributed by atoms with Crippen LogP contribution in [0.15, 0.2) is 52.6 Å². The number of hydrogen-bond donors (Lipinski definition) is 5. The molecule has 13 nitrogen and oxygen atoms in total. The number of fused-ring (bicyclic) bond motifs is 1. The second kappa shape index (κ2) is 26.8. The second-order valence-corrected chi connectivity index (χ2v) is 10.3. The number of unbranched alkanes of at least 4 members (excludes halogenated alkanes) is 2. The molecule has 0 saturated heterocycles. The largest absolute Gasteiger partial charge is 0.399 e. The maximum atomic E-state index is 12.2. The zero-order valence-corrected chi connectivity index (χ0v) is 27.4. The van der Waals surface area contributed by atoms with Gasteiger partial charge in [-0.1, -0.05) is 43.2 Å². The average molecular weight is 641 g/mol. The number of imide groups is 1. The Balaban J connectivity index is 0.000000732. The van der Waals surface area contributed by atoms with Gasteiger partial charge in [-0.15, -0.1) is 0 Å². The summed E-state index contributed by atoms with van der Waals surface area (Å²) in [5.41, 5.74) is 20.8. The number of rotatable bonds is 16. The molecule has 1 heterocycles. The number of ether oxygens (including phenoxy) is 1. The fourth-order valence-corrected chi connectivity index (χ4v) is 4.27. The van der Waals surface area contributed by atoms with Gasteiger partial charge in [0.1, 0.15) is 5.71 Å². The van der Waals surface area contributed by atoms with Crippen molar-refractivity contribution >= 4 is 42.8 Å². The fraction of sp³-hybridized carbons (Fsp3) is 0.455. The molecule has 3 rings (SSSR count). The van der Waals surface area contributed by atoms with E-state index in [9.17, 15) is 4.79 Å². The summed E-state index contributed by atoms with van der Waals surface area (Å²) in [6.45, 7) is 10.2. The van der Waals surface area contributed by atoms with Crippen molar-refractivity contribution < 1.29 is 23.9 Å². The number of nitrogens with two attached hydrogens (primary N) is 4. The lowest BCUT2D eigenvalue weighted by atomic mass is 10.1. The number of hydrazone groups is 1. The van der Waals surface area contributed by atoms with Crippen molar-refractivity contribution in [3.63, 3.8) is 0 Å². The van der Waals surface area contributed by atoms with Crippen LogP contribution in [0.25, 0.3) is 0 Å². The summed E-state index contributed by atoms with van der Waals surface area (Å²) in [7, 11) is 0. The van der Waals surface area contributed by atoms with Crippen molar-refractivity contribution in [3.8, 4) is 0 Å². The Hall–Kier alpha value is -4.62. The van der Waals surface area contributed by atoms with Gasteiger partial charge in [-0.05, 0) is 76.3 Å². The molecule has 1 unspecified atom stereocenters. The summed E-state index contributed by atoms with van der Waals surface area (Å²) < 4.78 is 5.50. The summed E-state index contributed by atoms with van der Waals surface area (Å²) in [4.78, 5) is 45.2. The SMILES string of the molecule is CCCC(C)N1Cc2cc(C)ccc2C1=O.NC=O.NCCCCOCCCCN=C/C(=N\N)c1ccc(N)cc1.O=CNC=O. The Labute approximate surface area is 272 Å². The third kappa shape index (κ3) is 17.6. The van der Waals surface area contributed by atoms with Gasteiger partial charge in [0.05, 0.1) is 0 Å². The fourth-order valence-electron chi connectivity index (χ4n) is 4.27. The van der Waals surface area contributed by atoms with Crippen LogP contribution in [-0.4, -0.2) is 74.3 Å². The molecule has 4 amide bonds. The van der Waals surface area contributed by atoms with E-state index < -0.39 is 0 Å². The van der Waals surface area contributed by atoms with Gasteiger partial charge >= 0.3 is 0 Å². The van der Waals surface area contributed by atoms with Crippen LogP contribution in [0.1, 0.15) is 79.4 Å². The average Bonchev–Trinajstić information content (AvgIpc) is 3.37. The van der Waals surface area contributed by atoms with E-state index in [2.05, 4.69) is 42.7 Å². The summed E-state index contributed by atoms with van der Waals surface area (Å²) in [5, 5.41) is 5.51. The molecule has 0 aliphatic carbocycles. The van der Waals surface area contributed by atoms with Crippen LogP contribution in [0.4, 0.5) is 5.69 Å². The number of nitrogens with one attached hydrogen (secondary N) is 1. The molecule has 1 atom stereocenters. The van der Waals surface area contributed by atoms with Crippen molar-refractivity contribution in [1.82, 2.24) is 10.2 Å². The zero-order chi connectivity index (χ0) is 34.6. The van der Waals surface area contributed by atoms with Gasteiger partial charge in [0, 0.05) is 55.4 Å². The number of aliphatic imine (C=N–C) groups is 1. The third-order valence-corrected chi connectivity index (χ3v) is 6.60. The maximum absolute atomic E-state index is 12.2. The van der Waals surface area contributed by atoms with Crippen LogP contribution in [0, 0.1) is 6.92 Å². The van der Waals surface area contributed by atoms with E-state index in [1.54, 1.807) is 11.5 Å². The van der Waals surface area contributed by atoms with E-state index >= 15 is 0 Å². The number of carbonyl (C=O) groups excluding carboxylic acids is 4. The number of benzene rings is 2. The van der Waals surface area contributed by atoms with E-state index in [0.717, 1.165) is 82.5 Å². The van der Waals surface area contributed by atoms with Gasteiger partial charge in [0.15, 0.2) is 0 Å². The Bertz CT molecular complexity index is 1200. The number of anilines is 1. The highest BCUT2D eigenvalue weighted by atomic mass is 16.5. The molecule has 2 aromatic carbocycles. The first-order chi connectivity index (χ1) is 22.2. The number of nitrogens with zero attached hydrogens (tertiary/aromatic N) is 3. The molecule has 0 fully saturated rings. The zero-order valence-electron chi connectivity index (χ0n) is 27.4. The van der Waals surface area contributed by atoms with Gasteiger partial charge in [-0.25, -0.2) is 0 Å². The van der Waals surface area contributed by atoms with E-state index in [1.165, 1.54) is 11.1 Å². The normalized spacial score (nSPS) is 12.4. The lowest BCUT2D eigenvalue weighted by Crippen LogP contribution is -2.33. The minimum absolute atomic E-state index is 0.205. The highest BCUT2D eigenvalue weighted by Gasteiger charge is 2.29. The number of nitrogen functional groups attached to an aromatic ring is 1. The van der Waals surface area contributed by atoms with E-state index in [0.29, 0.717) is 30.3 Å². The monoisotopic (exact) mass is 640 g/mol. The Kier molecular flexibility index (Phi) is 24.1. The van der Waals surface area contributed by atoms with Crippen molar-refractivity contribution in [1.29, 1.82) is 0 Å². The van der Waals surface area contributed by atoms with Crippen molar-refractivity contribution in [2.75, 3.05) is 32.0 Å². The highest BCUT2D eigenvalue weighted by Crippen LogP contribution is 2.26. The molecular weight excluding hydrogens is 588 g/mol.